The van der Waals surface area contributed by atoms with Crippen molar-refractivity contribution < 1.29 is 24.0 Å². The maximum Gasteiger partial charge on any atom is 0.497 e. The first-order valence-electron chi connectivity index (χ1n) is 3.32. The molecule has 7 heteroatoms. The van der Waals surface area contributed by atoms with Crippen LogP contribution in [0.4, 0.5) is 0 Å². The highest BCUT2D eigenvalue weighted by Gasteiger charge is 2.04. The molecule has 0 fully saturated rings. The van der Waals surface area contributed by atoms with Gasteiger partial charge in [0.25, 0.3) is 5.24 Å². The van der Waals surface area contributed by atoms with Crippen molar-refractivity contribution in [2.45, 2.75) is 0 Å². The van der Waals surface area contributed by atoms with E-state index in [4.69, 9.17) is 30.8 Å². The lowest BCUT2D eigenvalue weighted by molar-refractivity contribution is 0.108. The Balaban J connectivity index is 0.000000292. The normalized spacial score (nSPS) is 10.0. The van der Waals surface area contributed by atoms with Gasteiger partial charge in [-0.15, -0.1) is 4.89 Å². The molecule has 2 N–H and O–H groups in total. The molecule has 0 aliphatic carbocycles. The van der Waals surface area contributed by atoms with E-state index in [-0.39, 0.29) is 0 Å². The van der Waals surface area contributed by atoms with Crippen molar-refractivity contribution in [3.8, 4) is 0 Å². The zero-order valence-electron chi connectivity index (χ0n) is 6.83. The van der Waals surface area contributed by atoms with Crippen LogP contribution in [0.25, 0.3) is 0 Å². The van der Waals surface area contributed by atoms with Crippen molar-refractivity contribution in [3.05, 3.63) is 35.9 Å². The third kappa shape index (κ3) is 9.38. The summed E-state index contributed by atoms with van der Waals surface area (Å²) in [5.41, 5.74) is 0.541. The summed E-state index contributed by atoms with van der Waals surface area (Å²) >= 11 is 5.16. The zero-order chi connectivity index (χ0) is 11.2. The Hall–Kier alpha value is -0.710. The summed E-state index contributed by atoms with van der Waals surface area (Å²) in [6.07, 6.45) is 0. The summed E-state index contributed by atoms with van der Waals surface area (Å²) in [5, 5.41) is -0.407. The standard InChI is InChI=1S/C7H5ClO.H2O4P/c8-7(9)6-4-2-1-3-5-6;1-5(2,3)4/h1-5H;(H2,1,2,3). The van der Waals surface area contributed by atoms with Crippen LogP contribution in [0.1, 0.15) is 10.4 Å². The van der Waals surface area contributed by atoms with Gasteiger partial charge in [0.05, 0.1) is 0 Å². The molecule has 1 aromatic carbocycles. The van der Waals surface area contributed by atoms with Gasteiger partial charge in [-0.3, -0.25) is 4.79 Å². The lowest BCUT2D eigenvalue weighted by Gasteiger charge is -1.87. The predicted octanol–water partition coefficient (Wildman–Crippen LogP) is 1.58. The van der Waals surface area contributed by atoms with Crippen LogP contribution in [0.2, 0.25) is 0 Å². The van der Waals surface area contributed by atoms with E-state index in [1.807, 2.05) is 6.07 Å². The molecule has 0 atom stereocenters. The van der Waals surface area contributed by atoms with Crippen molar-refractivity contribution in [1.29, 1.82) is 0 Å². The SMILES string of the molecule is O=C(Cl)c1ccccc1.[O]P(=O)(O)O. The van der Waals surface area contributed by atoms with Gasteiger partial charge in [0.15, 0.2) is 0 Å². The lowest BCUT2D eigenvalue weighted by Crippen LogP contribution is -1.84. The zero-order valence-corrected chi connectivity index (χ0v) is 8.48. The maximum atomic E-state index is 10.4. The summed E-state index contributed by atoms with van der Waals surface area (Å²) in [5.74, 6) is 0. The molecule has 0 saturated heterocycles. The number of rotatable bonds is 1. The molecule has 0 unspecified atom stereocenters. The summed E-state index contributed by atoms with van der Waals surface area (Å²) in [6, 6.07) is 8.74. The minimum absolute atomic E-state index is 0.407. The quantitative estimate of drug-likeness (QED) is 0.573. The van der Waals surface area contributed by atoms with Gasteiger partial charge in [0, 0.05) is 5.56 Å². The largest absolute Gasteiger partial charge is 0.497 e. The van der Waals surface area contributed by atoms with Gasteiger partial charge in [0.1, 0.15) is 0 Å². The van der Waals surface area contributed by atoms with Crippen LogP contribution < -0.4 is 0 Å². The first-order chi connectivity index (χ1) is 6.30. The Labute approximate surface area is 85.2 Å². The smallest absolute Gasteiger partial charge is 0.301 e. The lowest BCUT2D eigenvalue weighted by atomic mass is 10.2. The number of benzene rings is 1. The van der Waals surface area contributed by atoms with Crippen LogP contribution in [0.5, 0.6) is 0 Å². The van der Waals surface area contributed by atoms with Crippen LogP contribution in [0.3, 0.4) is 0 Å². The van der Waals surface area contributed by atoms with E-state index >= 15 is 0 Å². The minimum atomic E-state index is -4.89. The van der Waals surface area contributed by atoms with E-state index in [1.54, 1.807) is 24.3 Å². The van der Waals surface area contributed by atoms with Crippen molar-refractivity contribution >= 4 is 24.7 Å². The van der Waals surface area contributed by atoms with Gasteiger partial charge in [-0.1, -0.05) is 30.3 Å². The van der Waals surface area contributed by atoms with Gasteiger partial charge >= 0.3 is 7.82 Å². The third-order valence-corrected chi connectivity index (χ3v) is 1.22. The van der Waals surface area contributed by atoms with E-state index in [0.717, 1.165) is 0 Å². The molecule has 0 bridgehead atoms. The summed E-state index contributed by atoms with van der Waals surface area (Å²) < 4.78 is 8.77. The summed E-state index contributed by atoms with van der Waals surface area (Å²) in [4.78, 5) is 33.3. The highest BCUT2D eigenvalue weighted by Crippen LogP contribution is 2.27. The van der Waals surface area contributed by atoms with Gasteiger partial charge in [0.2, 0.25) is 0 Å². The topological polar surface area (TPSA) is 94.5 Å². The molecule has 0 aliphatic heterocycles. The first-order valence-corrected chi connectivity index (χ1v) is 5.23. The molecular weight excluding hydrogens is 230 g/mol. The average Bonchev–Trinajstić information content (AvgIpc) is 2.03. The molecule has 0 aliphatic rings. The second-order valence-corrected chi connectivity index (χ2v) is 3.45. The highest BCUT2D eigenvalue weighted by molar-refractivity contribution is 7.44. The molecule has 0 saturated carbocycles. The van der Waals surface area contributed by atoms with Gasteiger partial charge in [-0.25, -0.2) is 4.57 Å². The van der Waals surface area contributed by atoms with Crippen molar-refractivity contribution in [3.63, 3.8) is 0 Å². The molecule has 0 aromatic heterocycles. The second-order valence-electron chi connectivity index (χ2n) is 2.13. The van der Waals surface area contributed by atoms with E-state index in [9.17, 15) is 4.79 Å². The minimum Gasteiger partial charge on any atom is -0.301 e. The third-order valence-electron chi connectivity index (χ3n) is 1.00. The van der Waals surface area contributed by atoms with Gasteiger partial charge in [-0.05, 0) is 11.6 Å². The Morgan fingerprint density at radius 3 is 1.79 bits per heavy atom. The Morgan fingerprint density at radius 1 is 1.21 bits per heavy atom. The van der Waals surface area contributed by atoms with Gasteiger partial charge < -0.3 is 9.79 Å². The molecule has 14 heavy (non-hydrogen) atoms. The number of carbonyl (C=O) groups is 1. The van der Waals surface area contributed by atoms with Crippen LogP contribution >= 0.6 is 19.4 Å². The fourth-order valence-corrected chi connectivity index (χ4v) is 0.695. The molecule has 77 valence electrons. The van der Waals surface area contributed by atoms with Crippen molar-refractivity contribution in [2.24, 2.45) is 0 Å². The van der Waals surface area contributed by atoms with Crippen LogP contribution in [0, 0.1) is 0 Å². The Bertz CT molecular complexity index is 325. The predicted molar refractivity (Wildman–Crippen MR) is 49.4 cm³/mol. The summed E-state index contributed by atoms with van der Waals surface area (Å²) in [7, 11) is -4.89. The summed E-state index contributed by atoms with van der Waals surface area (Å²) in [6.45, 7) is 0. The number of carbonyl (C=O) groups excluding carboxylic acids is 1. The maximum absolute atomic E-state index is 10.4. The number of halogens is 1. The fourth-order valence-electron chi connectivity index (χ4n) is 0.569. The molecule has 1 rings (SSSR count). The van der Waals surface area contributed by atoms with E-state index in [1.165, 1.54) is 0 Å². The molecule has 1 aromatic rings. The molecule has 1 radical (unpaired) electrons. The molecular formula is C7H7ClO5P. The average molecular weight is 238 g/mol. The van der Waals surface area contributed by atoms with E-state index in [2.05, 4.69) is 0 Å². The Kier molecular flexibility index (Phi) is 5.60. The second kappa shape index (κ2) is 5.90. The van der Waals surface area contributed by atoms with Crippen molar-refractivity contribution in [2.75, 3.05) is 0 Å². The van der Waals surface area contributed by atoms with Gasteiger partial charge in [-0.2, -0.15) is 0 Å². The number of hydrogen-bond acceptors (Lipinski definition) is 2. The fraction of sp³-hybridized carbons (Fsp3) is 0. The molecule has 0 amide bonds. The molecule has 0 heterocycles. The van der Waals surface area contributed by atoms with Crippen molar-refractivity contribution in [1.82, 2.24) is 0 Å². The number of hydrogen-bond donors (Lipinski definition) is 2. The first kappa shape index (κ1) is 13.3. The highest BCUT2D eigenvalue weighted by atomic mass is 35.5. The van der Waals surface area contributed by atoms with Crippen LogP contribution in [0.15, 0.2) is 30.3 Å². The van der Waals surface area contributed by atoms with E-state index < -0.39 is 13.1 Å². The molecule has 0 spiro atoms. The van der Waals surface area contributed by atoms with Crippen LogP contribution in [-0.4, -0.2) is 15.0 Å². The van der Waals surface area contributed by atoms with E-state index in [0.29, 0.717) is 5.56 Å². The Morgan fingerprint density at radius 2 is 1.57 bits per heavy atom. The molecule has 5 nitrogen and oxygen atoms in total. The monoisotopic (exact) mass is 237 g/mol. The van der Waals surface area contributed by atoms with Crippen LogP contribution in [-0.2, 0) is 9.46 Å².